The number of imidazole rings is 2. The summed E-state index contributed by atoms with van der Waals surface area (Å²) in [6.07, 6.45) is 6.53. The summed E-state index contributed by atoms with van der Waals surface area (Å²) in [4.78, 5) is 61.6. The van der Waals surface area contributed by atoms with Gasteiger partial charge in [0.1, 0.15) is 51.2 Å². The normalized spacial score (nSPS) is 16.6. The van der Waals surface area contributed by atoms with E-state index in [0.717, 1.165) is 70.7 Å². The molecule has 0 spiro atoms. The highest BCUT2D eigenvalue weighted by atomic mass is 35.5. The van der Waals surface area contributed by atoms with E-state index in [1.165, 1.54) is 0 Å². The summed E-state index contributed by atoms with van der Waals surface area (Å²) in [7, 11) is 3.56. The van der Waals surface area contributed by atoms with Gasteiger partial charge in [0.2, 0.25) is 11.6 Å². The number of aryl methyl sites for hydroxylation is 6. The number of nitrogens with one attached hydrogen (secondary N) is 3. The maximum Gasteiger partial charge on any atom is 0.410 e. The topological polar surface area (TPSA) is 257 Å². The number of carbonyl (C=O) groups excluding carboxylic acids is 1. The number of hydrogen-bond donors (Lipinski definition) is 3. The van der Waals surface area contributed by atoms with Gasteiger partial charge in [0.05, 0.1) is 70.6 Å². The smallest absolute Gasteiger partial charge is 0.410 e. The Bertz CT molecular complexity index is 4490. The summed E-state index contributed by atoms with van der Waals surface area (Å²) >= 11 is 12.4. The van der Waals surface area contributed by atoms with Gasteiger partial charge in [0, 0.05) is 47.2 Å². The minimum absolute atomic E-state index is 0.00866. The van der Waals surface area contributed by atoms with Gasteiger partial charge < -0.3 is 25.6 Å². The fraction of sp³-hybridized carbons (Fsp3) is 0.421. The van der Waals surface area contributed by atoms with Crippen LogP contribution in [-0.2, 0) is 32.8 Å². The van der Waals surface area contributed by atoms with E-state index in [-0.39, 0.29) is 74.5 Å². The van der Waals surface area contributed by atoms with Crippen LogP contribution >= 0.6 is 23.2 Å². The number of fused-ring (bicyclic) bond motifs is 6. The van der Waals surface area contributed by atoms with Gasteiger partial charge in [-0.3, -0.25) is 27.5 Å². The Morgan fingerprint density at radius 2 is 1.14 bits per heavy atom. The third kappa shape index (κ3) is 11.1. The van der Waals surface area contributed by atoms with E-state index < -0.39 is 19.6 Å². The number of rotatable bonds is 10. The van der Waals surface area contributed by atoms with Crippen LogP contribution in [0.25, 0.3) is 56.1 Å². The highest BCUT2D eigenvalue weighted by Crippen LogP contribution is 2.37. The van der Waals surface area contributed by atoms with Gasteiger partial charge in [0.15, 0.2) is 0 Å². The molecule has 10 aromatic rings. The predicted molar refractivity (Wildman–Crippen MR) is 318 cm³/mol. The molecule has 0 aliphatic carbocycles. The van der Waals surface area contributed by atoms with Crippen LogP contribution in [0, 0.1) is 13.8 Å². The van der Waals surface area contributed by atoms with Gasteiger partial charge in [-0.05, 0) is 156 Å². The molecule has 2 unspecified atom stereocenters. The fourth-order valence-electron chi connectivity index (χ4n) is 11.4. The summed E-state index contributed by atoms with van der Waals surface area (Å²) in [6.45, 7) is 11.1. The summed E-state index contributed by atoms with van der Waals surface area (Å²) in [5.41, 5.74) is 8.97. The Hall–Kier alpha value is -8.35. The highest BCUT2D eigenvalue weighted by Gasteiger charge is 2.32. The van der Waals surface area contributed by atoms with E-state index in [2.05, 4.69) is 62.8 Å². The molecule has 3 N–H and O–H groups in total. The monoisotopic (exact) mass is 1170 g/mol. The van der Waals surface area contributed by atoms with E-state index in [9.17, 15) is 14.4 Å². The van der Waals surface area contributed by atoms with E-state index >= 15 is 0 Å². The summed E-state index contributed by atoms with van der Waals surface area (Å²) in [5.74, 6) is 0.322. The highest BCUT2D eigenvalue weighted by molar-refractivity contribution is 6.30. The minimum Gasteiger partial charge on any atom is -0.444 e. The number of hydrogen-bond acceptors (Lipinski definition) is 17. The van der Waals surface area contributed by atoms with Crippen molar-refractivity contribution in [3.63, 3.8) is 0 Å². The number of anilines is 2. The molecule has 2 fully saturated rings. The molecule has 0 radical (unpaired) electrons. The number of tetrazole rings is 2. The van der Waals surface area contributed by atoms with Crippen molar-refractivity contribution in [2.75, 3.05) is 36.8 Å². The molecule has 12 rings (SSSR count). The second kappa shape index (κ2) is 22.4. The van der Waals surface area contributed by atoms with Crippen LogP contribution in [-0.4, -0.2) is 121 Å². The Morgan fingerprint density at radius 1 is 0.699 bits per heavy atom. The molecule has 2 aliphatic heterocycles. The van der Waals surface area contributed by atoms with E-state index in [0.29, 0.717) is 68.8 Å². The van der Waals surface area contributed by atoms with Crippen molar-refractivity contribution in [1.29, 1.82) is 0 Å². The number of amides is 1. The number of likely N-dealkylation sites (tertiary alicyclic amines) is 1. The van der Waals surface area contributed by atoms with Gasteiger partial charge in [-0.15, -0.1) is 20.4 Å². The first kappa shape index (κ1) is 49.3. The number of ether oxygens (including phenoxy) is 1. The Labute approximate surface area is 495 Å². The van der Waals surface area contributed by atoms with Crippen molar-refractivity contribution >= 4 is 73.8 Å². The molecule has 1 amide bonds. The minimum atomic E-state index is -2.61. The maximum atomic E-state index is 13.9. The van der Waals surface area contributed by atoms with Gasteiger partial charge in [-0.1, -0.05) is 35.3 Å². The largest absolute Gasteiger partial charge is 0.444 e. The summed E-state index contributed by atoms with van der Waals surface area (Å²) < 4.78 is 58.4. The molecule has 83 heavy (non-hydrogen) atoms. The fourth-order valence-corrected chi connectivity index (χ4v) is 11.7. The van der Waals surface area contributed by atoms with Crippen LogP contribution in [0.3, 0.4) is 0 Å². The lowest BCUT2D eigenvalue weighted by molar-refractivity contribution is 0.0204. The lowest BCUT2D eigenvalue weighted by atomic mass is 9.93. The molecule has 2 saturated heterocycles. The van der Waals surface area contributed by atoms with Crippen LogP contribution in [0.5, 0.6) is 0 Å². The lowest BCUT2D eigenvalue weighted by Crippen LogP contribution is -2.41. The lowest BCUT2D eigenvalue weighted by Gasteiger charge is -2.33. The Kier molecular flexibility index (Phi) is 13.3. The van der Waals surface area contributed by atoms with Gasteiger partial charge >= 0.3 is 6.09 Å². The molecule has 432 valence electrons. The molecule has 0 bridgehead atoms. The Balaban J connectivity index is 0.000000186. The van der Waals surface area contributed by atoms with Crippen LogP contribution in [0.15, 0.2) is 70.8 Å². The first-order valence-corrected chi connectivity index (χ1v) is 28.0. The first-order chi connectivity index (χ1) is 42.0. The summed E-state index contributed by atoms with van der Waals surface area (Å²) in [6, 6.07) is 13.8. The van der Waals surface area contributed by atoms with E-state index in [1.807, 2.05) is 81.8 Å². The summed E-state index contributed by atoms with van der Waals surface area (Å²) in [5, 5.41) is 35.0. The van der Waals surface area contributed by atoms with Crippen LogP contribution in [0.4, 0.5) is 16.2 Å². The number of nitrogens with zero attached hydrogens (tertiary/aromatic N) is 17. The molecular formula is C57H66Cl2N20O4. The number of carbonyl (C=O) groups is 1. The van der Waals surface area contributed by atoms with Crippen LogP contribution < -0.4 is 27.1 Å². The Morgan fingerprint density at radius 3 is 1.57 bits per heavy atom. The number of halogens is 2. The van der Waals surface area contributed by atoms with Crippen molar-refractivity contribution in [3.05, 3.63) is 126 Å². The molecule has 0 saturated carbocycles. The third-order valence-electron chi connectivity index (χ3n) is 15.2. The van der Waals surface area contributed by atoms with E-state index in [4.69, 9.17) is 46.1 Å². The van der Waals surface area contributed by atoms with Crippen molar-refractivity contribution in [2.24, 2.45) is 28.0 Å². The predicted octanol–water partition coefficient (Wildman–Crippen LogP) is 8.39. The SMILES string of the molecule is [2H]C([2H])([2H])n1nnc(-c2nc(Cl)ccc2NC(C)c2cc(C)cc3c(=O)n(C)c4c(C5CCN(C(=O)OC(C)(C)C)CC5)ncn4c23)n1.[2H]C([2H])([2H])n1nnc(-c2nc(Cl)ccc2NC(C)c2cc(C)cc3c(=O)n(C)c4c(C5CCNCC5)ncn4c23)n1. The third-order valence-corrected chi connectivity index (χ3v) is 15.6. The van der Waals surface area contributed by atoms with Crippen LogP contribution in [0.1, 0.15) is 126 Å². The first-order valence-electron chi connectivity index (χ1n) is 30.2. The molecular weight excluding hydrogens is 1100 g/mol. The average Bonchev–Trinajstić information content (AvgIpc) is 1.71. The molecule has 2 aliphatic rings. The van der Waals surface area contributed by atoms with Crippen molar-refractivity contribution in [3.8, 4) is 23.0 Å². The second-order valence-corrected chi connectivity index (χ2v) is 23.0. The zero-order valence-corrected chi connectivity index (χ0v) is 48.7. The number of benzene rings is 2. The molecule has 2 atom stereocenters. The quantitative estimate of drug-likeness (QED) is 0.109. The van der Waals surface area contributed by atoms with Gasteiger partial charge in [-0.2, -0.15) is 9.59 Å². The maximum absolute atomic E-state index is 13.9. The molecule has 8 aromatic heterocycles. The number of pyridine rings is 2. The van der Waals surface area contributed by atoms with Crippen molar-refractivity contribution in [1.82, 2.24) is 88.5 Å². The number of aromatic nitrogens is 16. The number of piperidine rings is 2. The van der Waals surface area contributed by atoms with Crippen molar-refractivity contribution in [2.45, 2.75) is 104 Å². The second-order valence-electron chi connectivity index (χ2n) is 22.2. The van der Waals surface area contributed by atoms with Gasteiger partial charge in [0.25, 0.3) is 11.1 Å². The van der Waals surface area contributed by atoms with Crippen LogP contribution in [0.2, 0.25) is 10.3 Å². The molecule has 24 nitrogen and oxygen atoms in total. The standard InChI is InChI=1S/C31H37ClN10O3.C26H29ClN10O/c1-17-14-20(18(2)34-22-8-9-23(32)35-25(22)27-36-38-40(7)37-27)26-21(15-17)29(43)39(6)28-24(33-16-42(26)28)19-10-12-41(13-11-19)30(44)45-31(3,4)5;1-14-11-17(15(2)30-19-5-6-20(27)31-22(19)24-32-34-36(4)33-24)23-18(12-14)26(38)35(3)25-21(29-13-37(23)25)16-7-9-28-10-8-16/h8-9,14-16,18-19,34H,10-13H2,1-7H3;5-6,11-13,15-16,28,30H,7-10H2,1-4H3/i7D3;4D3. The molecule has 2 aromatic carbocycles. The molecule has 26 heteroatoms. The van der Waals surface area contributed by atoms with E-state index in [1.54, 1.807) is 58.7 Å². The van der Waals surface area contributed by atoms with Gasteiger partial charge in [-0.25, -0.2) is 24.7 Å². The zero-order valence-electron chi connectivity index (χ0n) is 53.2. The molecule has 10 heterocycles. The van der Waals surface area contributed by atoms with Crippen molar-refractivity contribution < 1.29 is 17.8 Å². The zero-order chi connectivity index (χ0) is 63.8. The average molecular weight is 1170 g/mol.